The molecule has 3 rings (SSSR count). The molecule has 20 heavy (non-hydrogen) atoms. The molecule has 2 heterocycles. The van der Waals surface area contributed by atoms with Gasteiger partial charge in [0.05, 0.1) is 11.1 Å². The van der Waals surface area contributed by atoms with Gasteiger partial charge in [-0.25, -0.2) is 4.79 Å². The van der Waals surface area contributed by atoms with Crippen molar-refractivity contribution in [2.45, 2.75) is 31.2 Å². The van der Waals surface area contributed by atoms with Crippen LogP contribution >= 0.6 is 11.8 Å². The normalized spacial score (nSPS) is 26.0. The summed E-state index contributed by atoms with van der Waals surface area (Å²) >= 11 is 1.59. The van der Waals surface area contributed by atoms with Crippen molar-refractivity contribution in [2.75, 3.05) is 5.75 Å². The fourth-order valence-electron chi connectivity index (χ4n) is 2.66. The van der Waals surface area contributed by atoms with Crippen LogP contribution in [0.4, 0.5) is 0 Å². The van der Waals surface area contributed by atoms with Crippen LogP contribution in [0.2, 0.25) is 0 Å². The molecule has 2 atom stereocenters. The lowest BCUT2D eigenvalue weighted by atomic mass is 10.2. The predicted octanol–water partition coefficient (Wildman–Crippen LogP) is 1.11. The smallest absolute Gasteiger partial charge is 0.327 e. The second kappa shape index (κ2) is 4.80. The van der Waals surface area contributed by atoms with Crippen molar-refractivity contribution in [3.8, 4) is 0 Å². The number of rotatable bonds is 3. The van der Waals surface area contributed by atoms with Crippen LogP contribution in [0.3, 0.4) is 0 Å². The molecular formula is C13H17N3O3S. The summed E-state index contributed by atoms with van der Waals surface area (Å²) in [6.07, 6.45) is 2.16. The molecule has 1 aromatic rings. The summed E-state index contributed by atoms with van der Waals surface area (Å²) < 4.78 is 1.53. The number of aromatic nitrogens is 2. The maximum Gasteiger partial charge on any atom is 0.327 e. The zero-order chi connectivity index (χ0) is 14.4. The van der Waals surface area contributed by atoms with Gasteiger partial charge in [0, 0.05) is 12.8 Å². The van der Waals surface area contributed by atoms with Crippen molar-refractivity contribution >= 4 is 23.6 Å². The minimum absolute atomic E-state index is 0.00111. The van der Waals surface area contributed by atoms with Gasteiger partial charge < -0.3 is 10.0 Å². The molecule has 2 unspecified atom stereocenters. The van der Waals surface area contributed by atoms with Gasteiger partial charge in [-0.2, -0.15) is 5.10 Å². The van der Waals surface area contributed by atoms with Gasteiger partial charge in [-0.15, -0.1) is 11.8 Å². The van der Waals surface area contributed by atoms with Crippen molar-refractivity contribution in [1.29, 1.82) is 0 Å². The third-order valence-electron chi connectivity index (χ3n) is 3.80. The van der Waals surface area contributed by atoms with E-state index in [2.05, 4.69) is 5.10 Å². The van der Waals surface area contributed by atoms with Gasteiger partial charge in [-0.3, -0.25) is 9.48 Å². The lowest BCUT2D eigenvalue weighted by molar-refractivity contribution is -0.141. The van der Waals surface area contributed by atoms with Crippen LogP contribution in [0.25, 0.3) is 0 Å². The number of thioether (sulfide) groups is 1. The zero-order valence-corrected chi connectivity index (χ0v) is 12.3. The summed E-state index contributed by atoms with van der Waals surface area (Å²) in [5.74, 6) is -0.225. The quantitative estimate of drug-likeness (QED) is 0.904. The number of amides is 1. The average molecular weight is 295 g/mol. The van der Waals surface area contributed by atoms with E-state index < -0.39 is 12.0 Å². The highest BCUT2D eigenvalue weighted by Crippen LogP contribution is 2.45. The summed E-state index contributed by atoms with van der Waals surface area (Å²) in [5, 5.41) is 13.5. The average Bonchev–Trinajstić information content (AvgIpc) is 3.03. The van der Waals surface area contributed by atoms with Gasteiger partial charge in [0.25, 0.3) is 5.91 Å². The zero-order valence-electron chi connectivity index (χ0n) is 11.4. The molecule has 1 N–H and O–H groups in total. The molecule has 1 aliphatic carbocycles. The van der Waals surface area contributed by atoms with Crippen LogP contribution in [0.1, 0.15) is 29.0 Å². The molecular weight excluding hydrogens is 278 g/mol. The van der Waals surface area contributed by atoms with Crippen LogP contribution < -0.4 is 0 Å². The van der Waals surface area contributed by atoms with Crippen LogP contribution in [-0.4, -0.2) is 48.8 Å². The number of nitrogens with zero attached hydrogens (tertiary/aromatic N) is 3. The number of aliphatic carboxylic acids is 1. The topological polar surface area (TPSA) is 75.4 Å². The van der Waals surface area contributed by atoms with Gasteiger partial charge in [0.15, 0.2) is 0 Å². The van der Waals surface area contributed by atoms with Crippen LogP contribution in [-0.2, 0) is 11.8 Å². The van der Waals surface area contributed by atoms with E-state index >= 15 is 0 Å². The van der Waals surface area contributed by atoms with Gasteiger partial charge in [-0.1, -0.05) is 0 Å². The molecule has 108 valence electrons. The van der Waals surface area contributed by atoms with Gasteiger partial charge in [0.1, 0.15) is 11.7 Å². The third kappa shape index (κ3) is 2.19. The number of carbonyl (C=O) groups excluding carboxylic acids is 1. The van der Waals surface area contributed by atoms with Crippen molar-refractivity contribution in [1.82, 2.24) is 14.7 Å². The van der Waals surface area contributed by atoms with E-state index in [1.807, 2.05) is 6.92 Å². The number of hydrogen-bond acceptors (Lipinski definition) is 4. The molecule has 1 saturated carbocycles. The molecule has 2 aliphatic rings. The Labute approximate surface area is 121 Å². The maximum atomic E-state index is 12.7. The van der Waals surface area contributed by atoms with Crippen LogP contribution in [0.15, 0.2) is 6.07 Å². The van der Waals surface area contributed by atoms with E-state index in [9.17, 15) is 14.7 Å². The second-order valence-electron chi connectivity index (χ2n) is 5.42. The van der Waals surface area contributed by atoms with Gasteiger partial charge in [0.2, 0.25) is 0 Å². The molecule has 0 spiro atoms. The highest BCUT2D eigenvalue weighted by atomic mass is 32.2. The van der Waals surface area contributed by atoms with E-state index in [4.69, 9.17) is 0 Å². The molecule has 1 amide bonds. The van der Waals surface area contributed by atoms with Crippen molar-refractivity contribution in [3.05, 3.63) is 17.5 Å². The highest BCUT2D eigenvalue weighted by molar-refractivity contribution is 8.00. The molecule has 0 aromatic carbocycles. The number of carboxylic acid groups (broad SMARTS) is 1. The summed E-state index contributed by atoms with van der Waals surface area (Å²) in [6, 6.07) is 0.988. The Morgan fingerprint density at radius 3 is 2.65 bits per heavy atom. The summed E-state index contributed by atoms with van der Waals surface area (Å²) in [5.41, 5.74) is 1.22. The predicted molar refractivity (Wildman–Crippen MR) is 74.5 cm³/mol. The second-order valence-corrected chi connectivity index (χ2v) is 6.57. The Morgan fingerprint density at radius 1 is 1.45 bits per heavy atom. The monoisotopic (exact) mass is 295 g/mol. The molecule has 1 saturated heterocycles. The largest absolute Gasteiger partial charge is 0.480 e. The first-order chi connectivity index (χ1) is 9.49. The van der Waals surface area contributed by atoms with Gasteiger partial charge in [-0.05, 0) is 31.7 Å². The van der Waals surface area contributed by atoms with Crippen molar-refractivity contribution in [2.24, 2.45) is 13.0 Å². The lowest BCUT2D eigenvalue weighted by Gasteiger charge is -2.27. The maximum absolute atomic E-state index is 12.7. The summed E-state index contributed by atoms with van der Waals surface area (Å²) in [6.45, 7) is 1.82. The number of carbonyl (C=O) groups is 2. The van der Waals surface area contributed by atoms with Crippen LogP contribution in [0.5, 0.6) is 0 Å². The van der Waals surface area contributed by atoms with E-state index in [0.29, 0.717) is 17.4 Å². The van der Waals surface area contributed by atoms with E-state index in [1.165, 1.54) is 4.68 Å². The Balaban J connectivity index is 1.92. The van der Waals surface area contributed by atoms with E-state index in [1.54, 1.807) is 29.8 Å². The molecule has 1 aliphatic heterocycles. The minimum atomic E-state index is -0.923. The SMILES string of the molecule is Cc1cc(C(=O)N2C(C(=O)O)CSC2C2CC2)n(C)n1. The number of aryl methyl sites for hydroxylation is 2. The molecule has 6 nitrogen and oxygen atoms in total. The molecule has 2 fully saturated rings. The Bertz CT molecular complexity index is 567. The Morgan fingerprint density at radius 2 is 2.15 bits per heavy atom. The molecule has 0 radical (unpaired) electrons. The fourth-order valence-corrected chi connectivity index (χ4v) is 4.29. The highest BCUT2D eigenvalue weighted by Gasteiger charge is 2.48. The third-order valence-corrected chi connectivity index (χ3v) is 5.26. The Hall–Kier alpha value is -1.50. The number of carboxylic acids is 1. The fraction of sp³-hybridized carbons (Fsp3) is 0.615. The first-order valence-electron chi connectivity index (χ1n) is 6.66. The molecule has 7 heteroatoms. The first-order valence-corrected chi connectivity index (χ1v) is 7.71. The first kappa shape index (κ1) is 13.5. The summed E-state index contributed by atoms with van der Waals surface area (Å²) in [4.78, 5) is 25.7. The standard InChI is InChI=1S/C13H17N3O3S/c1-7-5-9(15(2)14-7)11(17)16-10(13(18)19)6-20-12(16)8-3-4-8/h5,8,10,12H,3-4,6H2,1-2H3,(H,18,19). The molecule has 1 aromatic heterocycles. The van der Waals surface area contributed by atoms with Crippen molar-refractivity contribution < 1.29 is 14.7 Å². The lowest BCUT2D eigenvalue weighted by Crippen LogP contribution is -2.46. The van der Waals surface area contributed by atoms with Crippen LogP contribution in [0, 0.1) is 12.8 Å². The van der Waals surface area contributed by atoms with Gasteiger partial charge >= 0.3 is 5.97 Å². The Kier molecular flexibility index (Phi) is 3.24. The summed E-state index contributed by atoms with van der Waals surface area (Å²) in [7, 11) is 1.71. The van der Waals surface area contributed by atoms with E-state index in [-0.39, 0.29) is 11.3 Å². The van der Waals surface area contributed by atoms with Crippen molar-refractivity contribution in [3.63, 3.8) is 0 Å². The number of hydrogen-bond donors (Lipinski definition) is 1. The van der Waals surface area contributed by atoms with E-state index in [0.717, 1.165) is 18.5 Å². The molecule has 0 bridgehead atoms. The minimum Gasteiger partial charge on any atom is -0.480 e.